The maximum atomic E-state index is 11.8. The smallest absolute Gasteiger partial charge is 0.311 e. The molecule has 172 valence electrons. The van der Waals surface area contributed by atoms with E-state index in [4.69, 9.17) is 0 Å². The molecule has 0 saturated carbocycles. The van der Waals surface area contributed by atoms with E-state index in [2.05, 4.69) is 26.2 Å². The molecule has 0 spiro atoms. The van der Waals surface area contributed by atoms with Crippen molar-refractivity contribution in [3.8, 4) is 0 Å². The van der Waals surface area contributed by atoms with Crippen LogP contribution in [-0.4, -0.2) is 23.9 Å². The standard InChI is InChI=1S/C26H19N5O4/c32-23-21(27-25(34)29-23)14-16-6-10-19(11-7-16)31(18-4-2-1-3-5-18)20-12-8-17(9-13-20)15-22-24(33)30-26(35)28-22/h1-15H,(H2,27,29,32,34)(H2,28,30,33,35)/b21-14-,22-15+. The van der Waals surface area contributed by atoms with Gasteiger partial charge in [-0.15, -0.1) is 0 Å². The van der Waals surface area contributed by atoms with Gasteiger partial charge in [0.1, 0.15) is 11.4 Å². The van der Waals surface area contributed by atoms with E-state index in [0.717, 1.165) is 28.2 Å². The van der Waals surface area contributed by atoms with E-state index in [1.807, 2.05) is 78.9 Å². The molecule has 4 N–H and O–H groups in total. The molecule has 0 radical (unpaired) electrons. The predicted molar refractivity (Wildman–Crippen MR) is 130 cm³/mol. The first-order valence-electron chi connectivity index (χ1n) is 10.7. The molecular weight excluding hydrogens is 446 g/mol. The summed E-state index contributed by atoms with van der Waals surface area (Å²) in [7, 11) is 0. The maximum Gasteiger partial charge on any atom is 0.326 e. The number of amides is 6. The number of carbonyl (C=O) groups is 4. The van der Waals surface area contributed by atoms with Gasteiger partial charge in [-0.1, -0.05) is 42.5 Å². The monoisotopic (exact) mass is 465 g/mol. The molecule has 3 aromatic rings. The normalized spacial score (nSPS) is 17.3. The van der Waals surface area contributed by atoms with Crippen molar-refractivity contribution >= 4 is 53.1 Å². The minimum atomic E-state index is -0.539. The SMILES string of the molecule is O=C1NC(=O)/C(=C/c2ccc(N(c3ccccc3)c3ccc(/C=C4/NC(=O)NC4=O)cc3)cc2)N1. The zero-order valence-electron chi connectivity index (χ0n) is 18.2. The largest absolute Gasteiger partial charge is 0.326 e. The van der Waals surface area contributed by atoms with Crippen LogP contribution in [0.2, 0.25) is 0 Å². The van der Waals surface area contributed by atoms with Gasteiger partial charge in [-0.25, -0.2) is 9.59 Å². The number of imide groups is 2. The van der Waals surface area contributed by atoms with Crippen LogP contribution in [0.15, 0.2) is 90.3 Å². The van der Waals surface area contributed by atoms with Crippen molar-refractivity contribution in [3.63, 3.8) is 0 Å². The average Bonchev–Trinajstić information content (AvgIpc) is 3.35. The van der Waals surface area contributed by atoms with E-state index in [9.17, 15) is 19.2 Å². The fraction of sp³-hybridized carbons (Fsp3) is 0. The quantitative estimate of drug-likeness (QED) is 0.340. The first-order chi connectivity index (χ1) is 17.0. The zero-order valence-corrected chi connectivity index (χ0v) is 18.2. The van der Waals surface area contributed by atoms with Crippen LogP contribution >= 0.6 is 0 Å². The Morgan fingerprint density at radius 2 is 0.886 bits per heavy atom. The summed E-state index contributed by atoms with van der Waals surface area (Å²) in [5, 5.41) is 9.31. The number of urea groups is 2. The Hall–Kier alpha value is -5.18. The van der Waals surface area contributed by atoms with Crippen LogP contribution in [0.1, 0.15) is 11.1 Å². The average molecular weight is 465 g/mol. The lowest BCUT2D eigenvalue weighted by atomic mass is 10.1. The van der Waals surface area contributed by atoms with Gasteiger partial charge >= 0.3 is 12.1 Å². The van der Waals surface area contributed by atoms with Crippen molar-refractivity contribution in [3.05, 3.63) is 101 Å². The molecule has 0 aromatic heterocycles. The minimum absolute atomic E-state index is 0.194. The van der Waals surface area contributed by atoms with Crippen LogP contribution in [-0.2, 0) is 9.59 Å². The Labute approximate surface area is 200 Å². The highest BCUT2D eigenvalue weighted by Gasteiger charge is 2.23. The number of nitrogens with one attached hydrogen (secondary N) is 4. The van der Waals surface area contributed by atoms with Gasteiger partial charge in [0.2, 0.25) is 0 Å². The van der Waals surface area contributed by atoms with Gasteiger partial charge in [-0.3, -0.25) is 20.2 Å². The molecular formula is C26H19N5O4. The Bertz CT molecular complexity index is 1300. The van der Waals surface area contributed by atoms with Gasteiger partial charge in [-0.05, 0) is 59.7 Å². The third kappa shape index (κ3) is 4.64. The summed E-state index contributed by atoms with van der Waals surface area (Å²) in [5.74, 6) is -0.926. The highest BCUT2D eigenvalue weighted by Crippen LogP contribution is 2.34. The first-order valence-corrected chi connectivity index (χ1v) is 10.7. The van der Waals surface area contributed by atoms with Gasteiger partial charge < -0.3 is 15.5 Å². The van der Waals surface area contributed by atoms with Crippen molar-refractivity contribution in [2.75, 3.05) is 4.90 Å². The van der Waals surface area contributed by atoms with Crippen LogP contribution < -0.4 is 26.2 Å². The summed E-state index contributed by atoms with van der Waals surface area (Å²) in [6.45, 7) is 0. The number of anilines is 3. The van der Waals surface area contributed by atoms with E-state index in [0.29, 0.717) is 0 Å². The molecule has 6 amide bonds. The van der Waals surface area contributed by atoms with E-state index in [1.54, 1.807) is 12.2 Å². The summed E-state index contributed by atoms with van der Waals surface area (Å²) < 4.78 is 0. The Balaban J connectivity index is 1.45. The van der Waals surface area contributed by atoms with Crippen LogP contribution in [0, 0.1) is 0 Å². The molecule has 0 bridgehead atoms. The molecule has 9 nitrogen and oxygen atoms in total. The molecule has 2 aliphatic heterocycles. The predicted octanol–water partition coefficient (Wildman–Crippen LogP) is 3.52. The lowest BCUT2D eigenvalue weighted by molar-refractivity contribution is -0.116. The number of rotatable bonds is 5. The second-order valence-electron chi connectivity index (χ2n) is 7.79. The Kier molecular flexibility index (Phi) is 5.56. The molecule has 5 rings (SSSR count). The topological polar surface area (TPSA) is 120 Å². The van der Waals surface area contributed by atoms with E-state index >= 15 is 0 Å². The fourth-order valence-electron chi connectivity index (χ4n) is 3.76. The van der Waals surface area contributed by atoms with Crippen molar-refractivity contribution in [2.24, 2.45) is 0 Å². The van der Waals surface area contributed by atoms with Crippen molar-refractivity contribution in [1.82, 2.24) is 21.3 Å². The lowest BCUT2D eigenvalue weighted by Gasteiger charge is -2.25. The van der Waals surface area contributed by atoms with Gasteiger partial charge in [0.05, 0.1) is 0 Å². The van der Waals surface area contributed by atoms with Crippen molar-refractivity contribution < 1.29 is 19.2 Å². The molecule has 2 saturated heterocycles. The summed E-state index contributed by atoms with van der Waals surface area (Å²) in [4.78, 5) is 48.3. The third-order valence-corrected chi connectivity index (χ3v) is 5.38. The van der Waals surface area contributed by atoms with Gasteiger partial charge in [0.25, 0.3) is 11.8 Å². The Morgan fingerprint density at radius 3 is 1.26 bits per heavy atom. The molecule has 2 heterocycles. The molecule has 3 aromatic carbocycles. The second kappa shape index (κ2) is 8.99. The lowest BCUT2D eigenvalue weighted by Crippen LogP contribution is -2.22. The summed E-state index contributed by atoms with van der Waals surface area (Å²) >= 11 is 0. The number of hydrogen-bond acceptors (Lipinski definition) is 5. The molecule has 2 aliphatic rings. The fourth-order valence-corrected chi connectivity index (χ4v) is 3.76. The maximum absolute atomic E-state index is 11.8. The second-order valence-corrected chi connectivity index (χ2v) is 7.79. The zero-order chi connectivity index (χ0) is 24.4. The summed E-state index contributed by atoms with van der Waals surface area (Å²) in [6, 6.07) is 23.8. The van der Waals surface area contributed by atoms with Crippen molar-refractivity contribution in [1.29, 1.82) is 0 Å². The van der Waals surface area contributed by atoms with Crippen LogP contribution in [0.25, 0.3) is 12.2 Å². The summed E-state index contributed by atoms with van der Waals surface area (Å²) in [6.07, 6.45) is 3.22. The molecule has 0 aliphatic carbocycles. The number of para-hydroxylation sites is 1. The Morgan fingerprint density at radius 1 is 0.486 bits per heavy atom. The number of benzene rings is 3. The minimum Gasteiger partial charge on any atom is -0.311 e. The van der Waals surface area contributed by atoms with Gasteiger partial charge in [0.15, 0.2) is 0 Å². The molecule has 35 heavy (non-hydrogen) atoms. The highest BCUT2D eigenvalue weighted by molar-refractivity contribution is 6.14. The first kappa shape index (κ1) is 21.7. The molecule has 9 heteroatoms. The molecule has 0 atom stereocenters. The van der Waals surface area contributed by atoms with E-state index in [1.165, 1.54) is 0 Å². The van der Waals surface area contributed by atoms with Crippen LogP contribution in [0.4, 0.5) is 26.7 Å². The van der Waals surface area contributed by atoms with Crippen LogP contribution in [0.3, 0.4) is 0 Å². The molecule has 2 fully saturated rings. The van der Waals surface area contributed by atoms with E-state index in [-0.39, 0.29) is 11.4 Å². The summed E-state index contributed by atoms with van der Waals surface area (Å²) in [5.41, 5.74) is 4.60. The highest BCUT2D eigenvalue weighted by atomic mass is 16.2. The van der Waals surface area contributed by atoms with E-state index < -0.39 is 23.9 Å². The molecule has 0 unspecified atom stereocenters. The number of hydrogen-bond donors (Lipinski definition) is 4. The van der Waals surface area contributed by atoms with Gasteiger partial charge in [0, 0.05) is 17.1 Å². The number of nitrogens with zero attached hydrogens (tertiary/aromatic N) is 1. The third-order valence-electron chi connectivity index (χ3n) is 5.38. The van der Waals surface area contributed by atoms with Gasteiger partial charge in [-0.2, -0.15) is 0 Å². The van der Waals surface area contributed by atoms with Crippen molar-refractivity contribution in [2.45, 2.75) is 0 Å². The number of carbonyl (C=O) groups excluding carboxylic acids is 4. The van der Waals surface area contributed by atoms with Crippen LogP contribution in [0.5, 0.6) is 0 Å².